The van der Waals surface area contributed by atoms with Crippen LogP contribution in [0.25, 0.3) is 0 Å². The van der Waals surface area contributed by atoms with Crippen LogP contribution >= 0.6 is 0 Å². The van der Waals surface area contributed by atoms with Crippen molar-refractivity contribution >= 4 is 34.0 Å². The zero-order valence-corrected chi connectivity index (χ0v) is 44.2. The lowest BCUT2D eigenvalue weighted by atomic mass is 9.93. The summed E-state index contributed by atoms with van der Waals surface area (Å²) in [5, 5.41) is 109. The number of rotatable bonds is 25. The van der Waals surface area contributed by atoms with Gasteiger partial charge in [-0.05, 0) is 31.0 Å². The van der Waals surface area contributed by atoms with Crippen molar-refractivity contribution in [2.45, 2.75) is 195 Å². The van der Waals surface area contributed by atoms with Crippen molar-refractivity contribution in [2.24, 2.45) is 0 Å². The molecule has 4 saturated heterocycles. The second kappa shape index (κ2) is 30.5. The molecule has 5 rings (SSSR count). The van der Waals surface area contributed by atoms with Crippen LogP contribution in [-0.2, 0) is 62.1 Å². The van der Waals surface area contributed by atoms with E-state index in [1.54, 1.807) is 12.1 Å². The minimum absolute atomic E-state index is 0.0447. The average molecular weight is 1140 g/mol. The Balaban J connectivity index is 1.35. The minimum atomic E-state index is -5.16. The summed E-state index contributed by atoms with van der Waals surface area (Å²) in [6.07, 6.45) is -23.1. The summed E-state index contributed by atoms with van der Waals surface area (Å²) in [4.78, 5) is 51.1. The van der Waals surface area contributed by atoms with Crippen LogP contribution in [0.4, 0.5) is 0 Å². The number of carbonyl (C=O) groups is 4. The van der Waals surface area contributed by atoms with E-state index in [9.17, 15) is 78.1 Å². The van der Waals surface area contributed by atoms with Gasteiger partial charge in [-0.15, -0.1) is 11.8 Å². The first-order chi connectivity index (χ1) is 37.0. The maximum absolute atomic E-state index is 13.8. The van der Waals surface area contributed by atoms with Crippen LogP contribution in [0.1, 0.15) is 83.0 Å². The van der Waals surface area contributed by atoms with Gasteiger partial charge in [-0.3, -0.25) is 23.7 Å². The Morgan fingerprint density at radius 3 is 1.56 bits per heavy atom. The molecule has 0 saturated carbocycles. The van der Waals surface area contributed by atoms with Crippen LogP contribution in [0.5, 0.6) is 5.75 Å². The van der Waals surface area contributed by atoms with Gasteiger partial charge >= 0.3 is 10.4 Å². The van der Waals surface area contributed by atoms with Crippen LogP contribution in [0.2, 0.25) is 0 Å². The van der Waals surface area contributed by atoms with E-state index >= 15 is 0 Å². The van der Waals surface area contributed by atoms with Gasteiger partial charge in [0.2, 0.25) is 17.7 Å². The highest BCUT2D eigenvalue weighted by Crippen LogP contribution is 2.35. The lowest BCUT2D eigenvalue weighted by Crippen LogP contribution is -2.71. The normalized spacial score (nSPS) is 35.1. The predicted molar refractivity (Wildman–Crippen MR) is 262 cm³/mol. The van der Waals surface area contributed by atoms with Gasteiger partial charge in [0.15, 0.2) is 25.2 Å². The Hall–Kier alpha value is -4.31. The number of aliphatic hydroxyl groups is 9. The second-order valence-electron chi connectivity index (χ2n) is 19.0. The maximum Gasteiger partial charge on any atom is 0.397 e. The van der Waals surface area contributed by atoms with Gasteiger partial charge in [0.05, 0.1) is 33.0 Å². The number of ether oxygens (including phenoxy) is 8. The third-order valence-electron chi connectivity index (χ3n) is 13.0. The fourth-order valence-corrected chi connectivity index (χ4v) is 9.51. The number of hydrogen-bond acceptors (Lipinski definition) is 24. The molecule has 4 heterocycles. The second-order valence-corrected chi connectivity index (χ2v) is 20.1. The number of unbranched alkanes of at least 4 members (excludes halogenated alkanes) is 5. The highest BCUT2D eigenvalue weighted by Gasteiger charge is 2.56. The van der Waals surface area contributed by atoms with E-state index in [0.29, 0.717) is 25.2 Å². The van der Waals surface area contributed by atoms with Crippen molar-refractivity contribution in [3.8, 4) is 17.6 Å². The van der Waals surface area contributed by atoms with Gasteiger partial charge in [-0.1, -0.05) is 32.3 Å². The Labute approximate surface area is 450 Å². The molecule has 0 radical (unpaired) electrons. The number of hydrogen-bond donors (Lipinski definition) is 14. The molecule has 78 heavy (non-hydrogen) atoms. The predicted octanol–water partition coefficient (Wildman–Crippen LogP) is -4.92. The Bertz CT molecular complexity index is 2280. The highest BCUT2D eigenvalue weighted by atomic mass is 32.3. The molecule has 20 atom stereocenters. The van der Waals surface area contributed by atoms with Crippen molar-refractivity contribution in [3.05, 3.63) is 29.8 Å². The summed E-state index contributed by atoms with van der Waals surface area (Å²) in [6.45, 7) is 1.51. The minimum Gasteiger partial charge on any atom is -0.494 e. The molecule has 4 amide bonds. The van der Waals surface area contributed by atoms with Gasteiger partial charge in [-0.25, -0.2) is 4.18 Å². The van der Waals surface area contributed by atoms with Crippen molar-refractivity contribution in [2.75, 3.05) is 33.0 Å². The molecule has 4 fully saturated rings. The zero-order valence-electron chi connectivity index (χ0n) is 43.3. The average Bonchev–Trinajstić information content (AvgIpc) is 3.47. The molecule has 1 aromatic carbocycles. The number of nitrogens with one attached hydrogen (secondary N) is 4. The molecule has 0 bridgehead atoms. The molecule has 4 aliphatic heterocycles. The summed E-state index contributed by atoms with van der Waals surface area (Å²) < 4.78 is 83.8. The largest absolute Gasteiger partial charge is 0.494 e. The topological polar surface area (TPSA) is 436 Å². The molecule has 4 aliphatic rings. The highest BCUT2D eigenvalue weighted by molar-refractivity contribution is 7.80. The van der Waals surface area contributed by atoms with Gasteiger partial charge in [0.1, 0.15) is 103 Å². The van der Waals surface area contributed by atoms with Crippen LogP contribution in [0.3, 0.4) is 0 Å². The van der Waals surface area contributed by atoms with E-state index in [1.807, 2.05) is 0 Å². The third kappa shape index (κ3) is 17.8. The lowest BCUT2D eigenvalue weighted by Gasteiger charge is -2.51. The summed E-state index contributed by atoms with van der Waals surface area (Å²) in [6, 6.07) is -0.745. The molecule has 0 aliphatic carbocycles. The van der Waals surface area contributed by atoms with E-state index in [2.05, 4.69) is 44.2 Å². The smallest absolute Gasteiger partial charge is 0.397 e. The molecule has 8 unspecified atom stereocenters. The quantitative estimate of drug-likeness (QED) is 0.0248. The zero-order chi connectivity index (χ0) is 57.4. The molecule has 14 N–H and O–H groups in total. The Kier molecular flexibility index (Phi) is 25.2. The molecule has 442 valence electrons. The first-order valence-electron chi connectivity index (χ1n) is 25.4. The van der Waals surface area contributed by atoms with Crippen LogP contribution in [0.15, 0.2) is 24.3 Å². The number of amides is 4. The molecule has 29 nitrogen and oxygen atoms in total. The van der Waals surface area contributed by atoms with E-state index in [0.717, 1.165) is 46.5 Å². The molecular weight excluding hydrogens is 1060 g/mol. The van der Waals surface area contributed by atoms with E-state index in [1.165, 1.54) is 18.6 Å². The Morgan fingerprint density at radius 1 is 0.590 bits per heavy atom. The molecule has 0 spiro atoms. The summed E-state index contributed by atoms with van der Waals surface area (Å²) >= 11 is 0. The van der Waals surface area contributed by atoms with E-state index < -0.39 is 183 Å². The summed E-state index contributed by atoms with van der Waals surface area (Å²) in [5.41, 5.74) is 0.0447. The van der Waals surface area contributed by atoms with Crippen molar-refractivity contribution in [3.63, 3.8) is 0 Å². The van der Waals surface area contributed by atoms with Crippen molar-refractivity contribution in [1.29, 1.82) is 0 Å². The monoisotopic (exact) mass is 1140 g/mol. The first-order valence-corrected chi connectivity index (χ1v) is 26.8. The molecule has 0 aromatic heterocycles. The number of benzene rings is 1. The van der Waals surface area contributed by atoms with E-state index in [-0.39, 0.29) is 5.56 Å². The number of aliphatic hydroxyl groups excluding tert-OH is 9. The van der Waals surface area contributed by atoms with Gasteiger partial charge in [0.25, 0.3) is 5.91 Å². The number of carbonyl (C=O) groups excluding carboxylic acids is 4. The molecule has 1 aromatic rings. The van der Waals surface area contributed by atoms with E-state index in [4.69, 9.17) is 37.9 Å². The molecule has 30 heteroatoms. The third-order valence-corrected chi connectivity index (χ3v) is 13.5. The molecular formula is C48H74N4O25S. The van der Waals surface area contributed by atoms with Gasteiger partial charge in [-0.2, -0.15) is 8.42 Å². The van der Waals surface area contributed by atoms with Crippen LogP contribution in [0, 0.1) is 11.8 Å². The van der Waals surface area contributed by atoms with Crippen LogP contribution < -0.4 is 26.0 Å². The van der Waals surface area contributed by atoms with Gasteiger partial charge < -0.3 is 105 Å². The summed E-state index contributed by atoms with van der Waals surface area (Å²) in [5.74, 6) is 3.39. The van der Waals surface area contributed by atoms with Crippen molar-refractivity contribution in [1.82, 2.24) is 21.3 Å². The van der Waals surface area contributed by atoms with Crippen molar-refractivity contribution < 1.29 is 120 Å². The SMILES string of the molecule is CCCCCCC#CCCCOc1cccc(C(=O)NC2[C@H](O[C@H]3C(O)C(NC(C)=O)[C@H](O[C@@H]4C(CO)O[C@@H](O[C@H]5C(O)C(NC(C)=O)[C@H](O)O[C@H]5COS(=O)(=O)O)C(NC(C)=O)[C@H]4O)O[C@H]3CO)OC(CO)[C@@H](O)[C@@H]2O)c1. The Morgan fingerprint density at radius 2 is 1.06 bits per heavy atom. The maximum atomic E-state index is 13.8. The standard InChI is InChI=1S/C48H74N4O25S/c1-5-6-7-8-9-10-11-12-13-17-69-27-16-14-15-26(18-27)44(64)52-33-37(60)36(59)28(19-53)72-46(33)75-41-29(20-54)73-47(34(39(41)62)50-24(3)57)76-42-30(21-55)74-48(35(40(42)63)51-25(4)58)77-43-31(22-70-78(66,67)68)71-45(65)32(38(43)61)49-23(2)56/h14-16,18,28-43,45-48,53-55,59-63,65H,5-9,12-13,17,19-22H2,1-4H3,(H,49,56)(H,50,57)(H,51,58)(H,52,64)(H,66,67,68)/t28?,29-,30?,31-,32?,33?,34?,35?,36+,37+,38?,39?,40+,41+,42+,43+,45+,46-,47-,48-/m0/s1. The van der Waals surface area contributed by atoms with Crippen LogP contribution in [-0.4, -0.2) is 238 Å². The fourth-order valence-electron chi connectivity index (χ4n) is 9.21. The van der Waals surface area contributed by atoms with Gasteiger partial charge in [0, 0.05) is 39.2 Å². The first kappa shape index (κ1) is 64.5. The fraction of sp³-hybridized carbons (Fsp3) is 0.750. The summed E-state index contributed by atoms with van der Waals surface area (Å²) in [7, 11) is -5.16. The lowest BCUT2D eigenvalue weighted by molar-refractivity contribution is -0.361.